The van der Waals surface area contributed by atoms with E-state index in [4.69, 9.17) is 9.84 Å². The molecule has 2 fully saturated rings. The molecule has 0 aromatic rings. The van der Waals surface area contributed by atoms with E-state index in [9.17, 15) is 9.90 Å². The minimum absolute atomic E-state index is 0.0141. The van der Waals surface area contributed by atoms with Gasteiger partial charge in [0.15, 0.2) is 0 Å². The molecule has 4 nitrogen and oxygen atoms in total. The molecule has 0 spiro atoms. The minimum atomic E-state index is -0.415. The number of hydrogen-bond acceptors (Lipinski definition) is 4. The lowest BCUT2D eigenvalue weighted by atomic mass is 9.46. The average Bonchev–Trinajstić information content (AvgIpc) is 2.59. The van der Waals surface area contributed by atoms with Crippen LogP contribution < -0.4 is 0 Å². The first-order chi connectivity index (χ1) is 11.8. The molecule has 0 saturated heterocycles. The molecule has 0 heterocycles. The van der Waals surface area contributed by atoms with Gasteiger partial charge >= 0.3 is 5.97 Å². The lowest BCUT2D eigenvalue weighted by molar-refractivity contribution is -0.168. The summed E-state index contributed by atoms with van der Waals surface area (Å²) in [7, 11) is 1.49. The Morgan fingerprint density at radius 3 is 2.68 bits per heavy atom. The zero-order chi connectivity index (χ0) is 18.7. The lowest BCUT2D eigenvalue weighted by Gasteiger charge is -2.57. The summed E-state index contributed by atoms with van der Waals surface area (Å²) in [6.07, 6.45) is 8.35. The second kappa shape index (κ2) is 8.05. The highest BCUT2D eigenvalue weighted by atomic mass is 16.5. The van der Waals surface area contributed by atoms with Crippen LogP contribution >= 0.6 is 0 Å². The third-order valence-corrected chi connectivity index (χ3v) is 7.01. The van der Waals surface area contributed by atoms with Gasteiger partial charge in [-0.05, 0) is 68.3 Å². The standard InChI is InChI=1S/C21H34O4/c1-15-6-9-18-20(2,11-5-12-21(18,3)19(24)25-4)17(15)8-7-16(14-23)10-13-22/h10,17-18,22-23H,1,5-9,11-14H2,2-4H3/b16-10-/t17-,18?,20+,21-/m0/s1. The van der Waals surface area contributed by atoms with E-state index in [-0.39, 0.29) is 24.6 Å². The highest BCUT2D eigenvalue weighted by Gasteiger charge is 2.57. The van der Waals surface area contributed by atoms with E-state index in [1.54, 1.807) is 6.08 Å². The molecular formula is C21H34O4. The monoisotopic (exact) mass is 350 g/mol. The van der Waals surface area contributed by atoms with Crippen molar-refractivity contribution in [2.24, 2.45) is 22.7 Å². The van der Waals surface area contributed by atoms with E-state index < -0.39 is 5.41 Å². The molecule has 2 rings (SSSR count). The van der Waals surface area contributed by atoms with Crippen LogP contribution in [0.25, 0.3) is 0 Å². The first kappa shape index (κ1) is 20.2. The third-order valence-electron chi connectivity index (χ3n) is 7.01. The zero-order valence-electron chi connectivity index (χ0n) is 16.0. The number of hydrogen-bond donors (Lipinski definition) is 2. The maximum atomic E-state index is 12.6. The van der Waals surface area contributed by atoms with Gasteiger partial charge in [-0.15, -0.1) is 0 Å². The quantitative estimate of drug-likeness (QED) is 0.567. The Kier molecular flexibility index (Phi) is 6.50. The van der Waals surface area contributed by atoms with Crippen molar-refractivity contribution in [2.45, 2.75) is 58.8 Å². The topological polar surface area (TPSA) is 66.8 Å². The van der Waals surface area contributed by atoms with E-state index in [1.165, 1.54) is 12.7 Å². The summed E-state index contributed by atoms with van der Waals surface area (Å²) in [6, 6.07) is 0. The zero-order valence-corrected chi connectivity index (χ0v) is 16.0. The van der Waals surface area contributed by atoms with Crippen molar-refractivity contribution in [1.82, 2.24) is 0 Å². The van der Waals surface area contributed by atoms with Crippen molar-refractivity contribution in [3.8, 4) is 0 Å². The molecule has 2 saturated carbocycles. The number of carbonyl (C=O) groups excluding carboxylic acids is 1. The normalized spacial score (nSPS) is 36.0. The third kappa shape index (κ3) is 3.70. The van der Waals surface area contributed by atoms with Gasteiger partial charge in [0.25, 0.3) is 0 Å². The van der Waals surface area contributed by atoms with E-state index in [2.05, 4.69) is 20.4 Å². The Balaban J connectivity index is 2.26. The summed E-state index contributed by atoms with van der Waals surface area (Å²) in [5.41, 5.74) is 1.78. The minimum Gasteiger partial charge on any atom is -0.469 e. The van der Waals surface area contributed by atoms with E-state index in [1.807, 2.05) is 0 Å². The summed E-state index contributed by atoms with van der Waals surface area (Å²) in [4.78, 5) is 12.6. The summed E-state index contributed by atoms with van der Waals surface area (Å²) < 4.78 is 5.17. The second-order valence-electron chi connectivity index (χ2n) is 8.31. The molecule has 0 radical (unpaired) electrons. The van der Waals surface area contributed by atoms with Crippen LogP contribution in [0.15, 0.2) is 23.8 Å². The number of allylic oxidation sites excluding steroid dienone is 1. The molecule has 142 valence electrons. The largest absolute Gasteiger partial charge is 0.469 e. The molecule has 0 bridgehead atoms. The van der Waals surface area contributed by atoms with Crippen LogP contribution in [0.2, 0.25) is 0 Å². The van der Waals surface area contributed by atoms with Crippen LogP contribution in [-0.4, -0.2) is 36.5 Å². The SMILES string of the molecule is C=C1CCC2[C@](C)(CCC[C@]2(C)C(=O)OC)[C@H]1CC/C(=C/CO)CO. The molecule has 2 aliphatic carbocycles. The van der Waals surface area contributed by atoms with Gasteiger partial charge in [0.1, 0.15) is 0 Å². The molecule has 25 heavy (non-hydrogen) atoms. The number of methoxy groups -OCH3 is 1. The number of carbonyl (C=O) groups is 1. The van der Waals surface area contributed by atoms with Crippen molar-refractivity contribution >= 4 is 5.97 Å². The predicted octanol–water partition coefficient (Wildman–Crippen LogP) is 3.63. The maximum absolute atomic E-state index is 12.6. The Hall–Kier alpha value is -1.13. The molecular weight excluding hydrogens is 316 g/mol. The Morgan fingerprint density at radius 1 is 1.36 bits per heavy atom. The fourth-order valence-electron chi connectivity index (χ4n) is 5.66. The predicted molar refractivity (Wildman–Crippen MR) is 98.9 cm³/mol. The van der Waals surface area contributed by atoms with Crippen molar-refractivity contribution < 1.29 is 19.7 Å². The summed E-state index contributed by atoms with van der Waals surface area (Å²) in [6.45, 7) is 8.69. The Bertz CT molecular complexity index is 538. The number of esters is 1. The van der Waals surface area contributed by atoms with Gasteiger partial charge in [-0.25, -0.2) is 0 Å². The lowest BCUT2D eigenvalue weighted by Crippen LogP contribution is -2.53. The van der Waals surface area contributed by atoms with Crippen molar-refractivity contribution in [2.75, 3.05) is 20.3 Å². The molecule has 4 atom stereocenters. The second-order valence-corrected chi connectivity index (χ2v) is 8.31. The van der Waals surface area contributed by atoms with Crippen LogP contribution in [0.1, 0.15) is 58.8 Å². The van der Waals surface area contributed by atoms with E-state index >= 15 is 0 Å². The van der Waals surface area contributed by atoms with Gasteiger partial charge < -0.3 is 14.9 Å². The highest BCUT2D eigenvalue weighted by molar-refractivity contribution is 5.77. The van der Waals surface area contributed by atoms with Crippen molar-refractivity contribution in [3.05, 3.63) is 23.8 Å². The van der Waals surface area contributed by atoms with Crippen LogP contribution in [0.4, 0.5) is 0 Å². The van der Waals surface area contributed by atoms with Gasteiger partial charge in [-0.3, -0.25) is 4.79 Å². The summed E-state index contributed by atoms with van der Waals surface area (Å²) in [5, 5.41) is 18.6. The number of ether oxygens (including phenoxy) is 1. The molecule has 0 aliphatic heterocycles. The average molecular weight is 350 g/mol. The van der Waals surface area contributed by atoms with E-state index in [0.29, 0.717) is 11.8 Å². The number of fused-ring (bicyclic) bond motifs is 1. The molecule has 4 heteroatoms. The van der Waals surface area contributed by atoms with Crippen LogP contribution in [0.3, 0.4) is 0 Å². The van der Waals surface area contributed by atoms with Crippen molar-refractivity contribution in [3.63, 3.8) is 0 Å². The number of aliphatic hydroxyl groups excluding tert-OH is 2. The first-order valence-electron chi connectivity index (χ1n) is 9.49. The Labute approximate surface area is 152 Å². The number of rotatable bonds is 6. The highest BCUT2D eigenvalue weighted by Crippen LogP contribution is 2.62. The molecule has 0 aromatic carbocycles. The van der Waals surface area contributed by atoms with E-state index in [0.717, 1.165) is 50.5 Å². The van der Waals surface area contributed by atoms with Crippen LogP contribution in [0.5, 0.6) is 0 Å². The van der Waals surface area contributed by atoms with Gasteiger partial charge in [-0.2, -0.15) is 0 Å². The van der Waals surface area contributed by atoms with Crippen molar-refractivity contribution in [1.29, 1.82) is 0 Å². The molecule has 0 amide bonds. The summed E-state index contributed by atoms with van der Waals surface area (Å²) >= 11 is 0. The molecule has 2 N–H and O–H groups in total. The fourth-order valence-corrected chi connectivity index (χ4v) is 5.66. The molecule has 2 aliphatic rings. The van der Waals surface area contributed by atoms with Crippen LogP contribution in [0, 0.1) is 22.7 Å². The summed E-state index contributed by atoms with van der Waals surface area (Å²) in [5.74, 6) is 0.561. The van der Waals surface area contributed by atoms with Gasteiger partial charge in [0.05, 0.1) is 25.7 Å². The molecule has 1 unspecified atom stereocenters. The number of aliphatic hydroxyl groups is 2. The smallest absolute Gasteiger partial charge is 0.311 e. The van der Waals surface area contributed by atoms with Gasteiger partial charge in [-0.1, -0.05) is 31.6 Å². The van der Waals surface area contributed by atoms with Crippen LogP contribution in [-0.2, 0) is 9.53 Å². The first-order valence-corrected chi connectivity index (χ1v) is 9.49. The Morgan fingerprint density at radius 2 is 2.08 bits per heavy atom. The van der Waals surface area contributed by atoms with Gasteiger partial charge in [0, 0.05) is 0 Å². The fraction of sp³-hybridized carbons (Fsp3) is 0.762. The van der Waals surface area contributed by atoms with Gasteiger partial charge in [0.2, 0.25) is 0 Å². The molecule has 0 aromatic heterocycles. The maximum Gasteiger partial charge on any atom is 0.311 e.